The van der Waals surface area contributed by atoms with Crippen LogP contribution in [0, 0.1) is 5.92 Å². The van der Waals surface area contributed by atoms with Crippen molar-refractivity contribution in [1.82, 2.24) is 31.0 Å². The van der Waals surface area contributed by atoms with Crippen molar-refractivity contribution in [3.8, 4) is 5.75 Å². The van der Waals surface area contributed by atoms with Crippen LogP contribution in [0.5, 0.6) is 5.75 Å². The van der Waals surface area contributed by atoms with Crippen LogP contribution < -0.4 is 16.2 Å². The molecule has 3 heterocycles. The number of nitrogens with one attached hydrogen (secondary N) is 4. The molecule has 36 heavy (non-hydrogen) atoms. The molecule has 1 aromatic carbocycles. The number of carbonyl (C=O) groups is 1. The topological polar surface area (TPSA) is 105 Å². The minimum atomic E-state index is -1.02. The molecule has 2 aliphatic heterocycles. The number of phenolic OH excluding ortho intramolecular Hbond substituents is 1. The van der Waals surface area contributed by atoms with Crippen molar-refractivity contribution in [1.29, 1.82) is 0 Å². The van der Waals surface area contributed by atoms with E-state index in [1.54, 1.807) is 12.1 Å². The van der Waals surface area contributed by atoms with Crippen LogP contribution in [0.2, 0.25) is 0 Å². The Morgan fingerprint density at radius 1 is 1.31 bits per heavy atom. The van der Waals surface area contributed by atoms with Crippen molar-refractivity contribution in [2.24, 2.45) is 5.92 Å². The molecule has 5 unspecified atom stereocenters. The molecule has 1 amide bonds. The summed E-state index contributed by atoms with van der Waals surface area (Å²) in [5.41, 5.74) is 10.8. The van der Waals surface area contributed by atoms with Crippen LogP contribution in [-0.4, -0.2) is 64.3 Å². The highest BCUT2D eigenvalue weighted by Crippen LogP contribution is 2.45. The first-order valence-electron chi connectivity index (χ1n) is 13.1. The molecule has 0 spiro atoms. The van der Waals surface area contributed by atoms with Crippen molar-refractivity contribution in [3.63, 3.8) is 0 Å². The Hall–Kier alpha value is -2.75. The van der Waals surface area contributed by atoms with Crippen molar-refractivity contribution >= 4 is 11.5 Å². The monoisotopic (exact) mass is 496 g/mol. The summed E-state index contributed by atoms with van der Waals surface area (Å²) in [4.78, 5) is 21.7. The second-order valence-corrected chi connectivity index (χ2v) is 10.3. The number of hydrogen-bond acceptors (Lipinski definition) is 6. The lowest BCUT2D eigenvalue weighted by Crippen LogP contribution is -2.45. The number of phenols is 1. The molecular formula is C27H37FN6O2. The number of hydrazine groups is 1. The Bertz CT molecular complexity index is 1120. The van der Waals surface area contributed by atoms with Crippen molar-refractivity contribution in [2.45, 2.75) is 63.7 Å². The number of aryl methyl sites for hydroxylation is 1. The van der Waals surface area contributed by atoms with Gasteiger partial charge in [-0.15, -0.1) is 0 Å². The highest BCUT2D eigenvalue weighted by molar-refractivity contribution is 5.72. The fraction of sp³-hybridized carbons (Fsp3) is 0.556. The van der Waals surface area contributed by atoms with E-state index in [0.717, 1.165) is 68.0 Å². The van der Waals surface area contributed by atoms with Gasteiger partial charge in [-0.1, -0.05) is 19.1 Å². The normalized spacial score (nSPS) is 28.5. The highest BCUT2D eigenvalue weighted by Gasteiger charge is 2.48. The van der Waals surface area contributed by atoms with Crippen LogP contribution in [0.4, 0.5) is 4.39 Å². The third-order valence-corrected chi connectivity index (χ3v) is 8.01. The van der Waals surface area contributed by atoms with Gasteiger partial charge < -0.3 is 15.4 Å². The van der Waals surface area contributed by atoms with Gasteiger partial charge in [-0.2, -0.15) is 0 Å². The molecule has 1 saturated heterocycles. The lowest BCUT2D eigenvalue weighted by molar-refractivity contribution is -0.119. The fourth-order valence-corrected chi connectivity index (χ4v) is 6.15. The molecule has 0 bridgehead atoms. The number of H-pyrrole nitrogens is 1. The van der Waals surface area contributed by atoms with Gasteiger partial charge in [0.25, 0.3) is 0 Å². The number of benzene rings is 1. The van der Waals surface area contributed by atoms with Crippen LogP contribution in [-0.2, 0) is 11.2 Å². The number of alkyl halides is 1. The number of aromatic amines is 1. The summed E-state index contributed by atoms with van der Waals surface area (Å²) in [6.45, 7) is 6.83. The molecule has 1 saturated carbocycles. The van der Waals surface area contributed by atoms with Gasteiger partial charge in [0, 0.05) is 44.9 Å². The summed E-state index contributed by atoms with van der Waals surface area (Å²) < 4.78 is 15.8. The molecule has 1 aromatic heterocycles. The average Bonchev–Trinajstić information content (AvgIpc) is 3.52. The number of imidazole rings is 1. The van der Waals surface area contributed by atoms with Gasteiger partial charge >= 0.3 is 0 Å². The number of nitrogens with zero attached hydrogens (tertiary/aromatic N) is 2. The third-order valence-electron chi connectivity index (χ3n) is 8.01. The van der Waals surface area contributed by atoms with Crippen LogP contribution in [0.1, 0.15) is 67.7 Å². The summed E-state index contributed by atoms with van der Waals surface area (Å²) in [5, 5.41) is 12.7. The zero-order valence-electron chi connectivity index (χ0n) is 21.1. The molecule has 3 aliphatic rings. The maximum Gasteiger partial charge on any atom is 0.216 e. The molecule has 1 aliphatic carbocycles. The van der Waals surface area contributed by atoms with Gasteiger partial charge in [0.15, 0.2) is 0 Å². The Balaban J connectivity index is 1.25. The van der Waals surface area contributed by atoms with Crippen molar-refractivity contribution < 1.29 is 14.3 Å². The van der Waals surface area contributed by atoms with Gasteiger partial charge in [0.2, 0.25) is 5.91 Å². The number of fused-ring (bicyclic) bond motifs is 1. The number of amides is 1. The number of aromatic nitrogens is 2. The fourth-order valence-electron chi connectivity index (χ4n) is 6.15. The van der Waals surface area contributed by atoms with E-state index in [0.29, 0.717) is 6.54 Å². The maximum absolute atomic E-state index is 15.8. The molecule has 194 valence electrons. The number of aromatic hydroxyl groups is 1. The summed E-state index contributed by atoms with van der Waals surface area (Å²) in [6, 6.07) is 4.96. The summed E-state index contributed by atoms with van der Waals surface area (Å²) in [5.74, 6) is 0.990. The predicted octanol–water partition coefficient (Wildman–Crippen LogP) is 2.95. The molecular weight excluding hydrogens is 459 g/mol. The lowest BCUT2D eigenvalue weighted by atomic mass is 9.71. The zero-order chi connectivity index (χ0) is 25.2. The van der Waals surface area contributed by atoms with Crippen LogP contribution in [0.3, 0.4) is 0 Å². The highest BCUT2D eigenvalue weighted by atomic mass is 19.1. The number of rotatable bonds is 7. The van der Waals surface area contributed by atoms with E-state index in [9.17, 15) is 9.90 Å². The molecule has 8 nitrogen and oxygen atoms in total. The zero-order valence-corrected chi connectivity index (χ0v) is 21.1. The van der Waals surface area contributed by atoms with Gasteiger partial charge in [-0.05, 0) is 54.5 Å². The van der Waals surface area contributed by atoms with Crippen LogP contribution in [0.15, 0.2) is 30.5 Å². The SMILES string of the molecule is CCc1cc(O)ccc1C1CCC2C(c3ncc(C4=CCCN(CCNC(C)=O)C4)[nH]3)NNC2C1F. The van der Waals surface area contributed by atoms with E-state index >= 15 is 4.39 Å². The number of carbonyl (C=O) groups excluding carboxylic acids is 1. The van der Waals surface area contributed by atoms with E-state index in [4.69, 9.17) is 0 Å². The molecule has 2 fully saturated rings. The summed E-state index contributed by atoms with van der Waals surface area (Å²) in [6.07, 6.45) is 6.49. The second kappa shape index (κ2) is 10.7. The quantitative estimate of drug-likeness (QED) is 0.404. The first-order chi connectivity index (χ1) is 17.4. The third kappa shape index (κ3) is 5.05. The van der Waals surface area contributed by atoms with Gasteiger partial charge in [-0.3, -0.25) is 15.1 Å². The van der Waals surface area contributed by atoms with E-state index in [2.05, 4.69) is 37.1 Å². The molecule has 2 aromatic rings. The largest absolute Gasteiger partial charge is 0.508 e. The first-order valence-corrected chi connectivity index (χ1v) is 13.1. The standard InChI is InChI=1S/C27H37FN6O2/c1-3-17-13-19(36)6-7-20(17)21-8-9-22-25(24(21)28)32-33-26(22)27-30-14-23(31-27)18-5-4-11-34(15-18)12-10-29-16(2)35/h5-7,13-14,21-22,24-26,32-33,36H,3-4,8-12,15H2,1-2H3,(H,29,35)(H,30,31). The predicted molar refractivity (Wildman–Crippen MR) is 137 cm³/mol. The second-order valence-electron chi connectivity index (χ2n) is 10.3. The summed E-state index contributed by atoms with van der Waals surface area (Å²) >= 11 is 0. The van der Waals surface area contributed by atoms with E-state index in [1.165, 1.54) is 12.5 Å². The summed E-state index contributed by atoms with van der Waals surface area (Å²) in [7, 11) is 0. The minimum absolute atomic E-state index is 0.00427. The molecule has 5 atom stereocenters. The lowest BCUT2D eigenvalue weighted by Gasteiger charge is -2.36. The number of halogens is 1. The molecule has 5 N–H and O–H groups in total. The van der Waals surface area contributed by atoms with Crippen LogP contribution in [0.25, 0.3) is 5.57 Å². The molecule has 5 rings (SSSR count). The van der Waals surface area contributed by atoms with Crippen molar-refractivity contribution in [3.05, 3.63) is 53.1 Å². The van der Waals surface area contributed by atoms with Gasteiger partial charge in [-0.25, -0.2) is 14.8 Å². The van der Waals surface area contributed by atoms with E-state index in [-0.39, 0.29) is 35.6 Å². The first kappa shape index (κ1) is 24.9. The van der Waals surface area contributed by atoms with E-state index < -0.39 is 6.17 Å². The Morgan fingerprint density at radius 2 is 2.17 bits per heavy atom. The molecule has 0 radical (unpaired) electrons. The minimum Gasteiger partial charge on any atom is -0.508 e. The Kier molecular flexibility index (Phi) is 7.41. The Labute approximate surface area is 211 Å². The maximum atomic E-state index is 15.8. The number of hydrogen-bond donors (Lipinski definition) is 5. The Morgan fingerprint density at radius 3 is 2.97 bits per heavy atom. The average molecular weight is 497 g/mol. The van der Waals surface area contributed by atoms with E-state index in [1.807, 2.05) is 19.2 Å². The van der Waals surface area contributed by atoms with Crippen molar-refractivity contribution in [2.75, 3.05) is 26.2 Å². The van der Waals surface area contributed by atoms with Gasteiger partial charge in [0.1, 0.15) is 17.7 Å². The van der Waals surface area contributed by atoms with Gasteiger partial charge in [0.05, 0.1) is 24.0 Å². The van der Waals surface area contributed by atoms with Crippen LogP contribution >= 0.6 is 0 Å². The molecule has 9 heteroatoms. The smallest absolute Gasteiger partial charge is 0.216 e.